The van der Waals surface area contributed by atoms with E-state index in [9.17, 15) is 31.1 Å². The molecule has 2 nitrogen and oxygen atoms in total. The van der Waals surface area contributed by atoms with Crippen LogP contribution in [0.15, 0.2) is 30.3 Å². The number of hydrogen-bond donors (Lipinski definition) is 0. The highest BCUT2D eigenvalue weighted by Crippen LogP contribution is 2.36. The Kier molecular flexibility index (Phi) is 5.07. The molecular weight excluding hydrogens is 362 g/mol. The third-order valence-corrected chi connectivity index (χ3v) is 3.62. The van der Waals surface area contributed by atoms with Crippen LogP contribution in [0.2, 0.25) is 0 Å². The molecule has 0 aliphatic heterocycles. The maximum atomic E-state index is 12.9. The Balaban J connectivity index is 2.49. The lowest BCUT2D eigenvalue weighted by atomic mass is 10.0. The molecule has 0 amide bonds. The molecule has 140 valence electrons. The number of carbonyl (C=O) groups is 1. The fourth-order valence-electron chi connectivity index (χ4n) is 2.55. The lowest BCUT2D eigenvalue weighted by molar-refractivity contribution is -0.143. The molecule has 0 saturated carbocycles. The number of aryl methyl sites for hydroxylation is 3. The van der Waals surface area contributed by atoms with E-state index in [0.717, 1.165) is 5.56 Å². The smallest absolute Gasteiger partial charge is 0.416 e. The van der Waals surface area contributed by atoms with Gasteiger partial charge in [-0.15, -0.1) is 0 Å². The largest absolute Gasteiger partial charge is 0.422 e. The number of carbonyl (C=O) groups excluding carboxylic acids is 1. The summed E-state index contributed by atoms with van der Waals surface area (Å²) in [4.78, 5) is 12.2. The Bertz CT molecular complexity index is 794. The van der Waals surface area contributed by atoms with E-state index in [0.29, 0.717) is 23.3 Å². The second-order valence-electron chi connectivity index (χ2n) is 5.91. The van der Waals surface area contributed by atoms with Gasteiger partial charge in [-0.2, -0.15) is 26.3 Å². The zero-order valence-corrected chi connectivity index (χ0v) is 14.0. The third kappa shape index (κ3) is 4.36. The maximum Gasteiger partial charge on any atom is 0.416 e. The van der Waals surface area contributed by atoms with Crippen molar-refractivity contribution in [1.82, 2.24) is 0 Å². The summed E-state index contributed by atoms with van der Waals surface area (Å²) in [6.45, 7) is 5.04. The summed E-state index contributed by atoms with van der Waals surface area (Å²) in [6.07, 6.45) is -10.1. The third-order valence-electron chi connectivity index (χ3n) is 3.62. The molecule has 2 aromatic carbocycles. The molecule has 0 radical (unpaired) electrons. The van der Waals surface area contributed by atoms with Gasteiger partial charge >= 0.3 is 18.3 Å². The number of hydrogen-bond acceptors (Lipinski definition) is 2. The van der Waals surface area contributed by atoms with Crippen LogP contribution in [0.5, 0.6) is 5.75 Å². The van der Waals surface area contributed by atoms with Crippen LogP contribution in [0, 0.1) is 20.8 Å². The number of ether oxygens (including phenoxy) is 1. The Hall–Kier alpha value is -2.51. The first-order chi connectivity index (χ1) is 11.8. The van der Waals surface area contributed by atoms with E-state index in [1.54, 1.807) is 32.9 Å². The molecule has 0 unspecified atom stereocenters. The summed E-state index contributed by atoms with van der Waals surface area (Å²) >= 11 is 0. The van der Waals surface area contributed by atoms with Gasteiger partial charge in [0.25, 0.3) is 0 Å². The van der Waals surface area contributed by atoms with Crippen molar-refractivity contribution in [2.24, 2.45) is 0 Å². The van der Waals surface area contributed by atoms with Gasteiger partial charge in [-0.1, -0.05) is 17.7 Å². The van der Waals surface area contributed by atoms with Gasteiger partial charge in [0.2, 0.25) is 0 Å². The highest BCUT2D eigenvalue weighted by molar-refractivity contribution is 5.92. The molecule has 0 aliphatic carbocycles. The molecule has 0 N–H and O–H groups in total. The van der Waals surface area contributed by atoms with Crippen LogP contribution in [-0.4, -0.2) is 5.97 Å². The molecule has 0 aliphatic rings. The van der Waals surface area contributed by atoms with Crippen LogP contribution in [0.4, 0.5) is 26.3 Å². The fraction of sp³-hybridized carbons (Fsp3) is 0.278. The predicted octanol–water partition coefficient (Wildman–Crippen LogP) is 5.87. The predicted molar refractivity (Wildman–Crippen MR) is 82.1 cm³/mol. The first kappa shape index (κ1) is 19.8. The molecule has 26 heavy (non-hydrogen) atoms. The fourth-order valence-corrected chi connectivity index (χ4v) is 2.55. The second-order valence-corrected chi connectivity index (χ2v) is 5.91. The standard InChI is InChI=1S/C18H14F6O2/c1-9-4-10(2)15(11(3)5-9)26-16(25)12-6-13(17(19,20)21)8-14(7-12)18(22,23)24/h4-8H,1-3H3. The van der Waals surface area contributed by atoms with Gasteiger partial charge in [0, 0.05) is 0 Å². The van der Waals surface area contributed by atoms with E-state index in [1.807, 2.05) is 0 Å². The van der Waals surface area contributed by atoms with Gasteiger partial charge < -0.3 is 4.74 Å². The Morgan fingerprint density at radius 2 is 1.19 bits per heavy atom. The summed E-state index contributed by atoms with van der Waals surface area (Å²) < 4.78 is 82.4. The number of benzene rings is 2. The van der Waals surface area contributed by atoms with E-state index in [4.69, 9.17) is 4.74 Å². The number of halogens is 6. The molecule has 0 spiro atoms. The molecular formula is C18H14F6O2. The van der Waals surface area contributed by atoms with Crippen LogP contribution >= 0.6 is 0 Å². The van der Waals surface area contributed by atoms with Crippen molar-refractivity contribution in [2.45, 2.75) is 33.1 Å². The molecule has 0 heterocycles. The van der Waals surface area contributed by atoms with Crippen LogP contribution in [0.3, 0.4) is 0 Å². The molecule has 2 rings (SSSR count). The minimum absolute atomic E-state index is 0.0425. The Morgan fingerprint density at radius 3 is 1.58 bits per heavy atom. The van der Waals surface area contributed by atoms with Crippen molar-refractivity contribution in [3.63, 3.8) is 0 Å². The average molecular weight is 376 g/mol. The molecule has 2 aromatic rings. The van der Waals surface area contributed by atoms with E-state index in [1.165, 1.54) is 0 Å². The lowest BCUT2D eigenvalue weighted by Crippen LogP contribution is -2.16. The summed E-state index contributed by atoms with van der Waals surface area (Å²) in [5.74, 6) is -1.19. The van der Waals surface area contributed by atoms with Crippen molar-refractivity contribution >= 4 is 5.97 Å². The quantitative estimate of drug-likeness (QED) is 0.372. The summed E-state index contributed by atoms with van der Waals surface area (Å²) in [7, 11) is 0. The topological polar surface area (TPSA) is 26.3 Å². The van der Waals surface area contributed by atoms with E-state index in [-0.39, 0.29) is 11.8 Å². The van der Waals surface area contributed by atoms with Crippen LogP contribution < -0.4 is 4.74 Å². The zero-order chi connectivity index (χ0) is 19.9. The second kappa shape index (κ2) is 6.66. The van der Waals surface area contributed by atoms with Gasteiger partial charge in [-0.25, -0.2) is 4.79 Å². The Labute approximate surface area is 145 Å². The minimum atomic E-state index is -5.04. The maximum absolute atomic E-state index is 12.9. The van der Waals surface area contributed by atoms with Crippen LogP contribution in [-0.2, 0) is 12.4 Å². The van der Waals surface area contributed by atoms with Crippen molar-refractivity contribution < 1.29 is 35.9 Å². The summed E-state index contributed by atoms with van der Waals surface area (Å²) in [5, 5.41) is 0. The van der Waals surface area contributed by atoms with Crippen LogP contribution in [0.1, 0.15) is 38.2 Å². The van der Waals surface area contributed by atoms with Gasteiger partial charge in [-0.05, 0) is 50.1 Å². The Morgan fingerprint density at radius 1 is 0.769 bits per heavy atom. The van der Waals surface area contributed by atoms with Gasteiger partial charge in [0.05, 0.1) is 16.7 Å². The minimum Gasteiger partial charge on any atom is -0.422 e. The molecule has 0 aromatic heterocycles. The number of alkyl halides is 6. The number of rotatable bonds is 2. The molecule has 0 saturated heterocycles. The van der Waals surface area contributed by atoms with Gasteiger partial charge in [0.15, 0.2) is 0 Å². The highest BCUT2D eigenvalue weighted by atomic mass is 19.4. The van der Waals surface area contributed by atoms with Crippen LogP contribution in [0.25, 0.3) is 0 Å². The molecule has 0 bridgehead atoms. The molecule has 0 fully saturated rings. The van der Waals surface area contributed by atoms with Crippen molar-refractivity contribution in [3.8, 4) is 5.75 Å². The van der Waals surface area contributed by atoms with Crippen molar-refractivity contribution in [1.29, 1.82) is 0 Å². The van der Waals surface area contributed by atoms with E-state index >= 15 is 0 Å². The van der Waals surface area contributed by atoms with E-state index < -0.39 is 35.0 Å². The van der Waals surface area contributed by atoms with E-state index in [2.05, 4.69) is 0 Å². The first-order valence-corrected chi connectivity index (χ1v) is 7.38. The summed E-state index contributed by atoms with van der Waals surface area (Å²) in [6, 6.07) is 4.01. The zero-order valence-electron chi connectivity index (χ0n) is 14.0. The molecule has 8 heteroatoms. The monoisotopic (exact) mass is 376 g/mol. The SMILES string of the molecule is Cc1cc(C)c(OC(=O)c2cc(C(F)(F)F)cc(C(F)(F)F)c2)c(C)c1. The van der Waals surface area contributed by atoms with Crippen molar-refractivity contribution in [3.05, 3.63) is 63.7 Å². The van der Waals surface area contributed by atoms with Gasteiger partial charge in [-0.3, -0.25) is 0 Å². The van der Waals surface area contributed by atoms with Gasteiger partial charge in [0.1, 0.15) is 5.75 Å². The molecule has 0 atom stereocenters. The number of esters is 1. The normalized spacial score (nSPS) is 12.2. The first-order valence-electron chi connectivity index (χ1n) is 7.38. The summed E-state index contributed by atoms with van der Waals surface area (Å²) in [5.41, 5.74) is -2.02. The van der Waals surface area contributed by atoms with Crippen molar-refractivity contribution in [2.75, 3.05) is 0 Å². The highest BCUT2D eigenvalue weighted by Gasteiger charge is 2.37. The lowest BCUT2D eigenvalue weighted by Gasteiger charge is -2.15. The average Bonchev–Trinajstić information content (AvgIpc) is 2.48.